The molecule has 0 spiro atoms. The summed E-state index contributed by atoms with van der Waals surface area (Å²) in [6.45, 7) is 2.46. The van der Waals surface area contributed by atoms with Crippen LogP contribution in [-0.4, -0.2) is 19.2 Å². The minimum absolute atomic E-state index is 0. The van der Waals surface area contributed by atoms with Gasteiger partial charge < -0.3 is 10.1 Å². The molecule has 1 fully saturated rings. The first kappa shape index (κ1) is 15.0. The Kier molecular flexibility index (Phi) is 6.74. The van der Waals surface area contributed by atoms with Crippen molar-refractivity contribution in [2.75, 3.05) is 13.2 Å². The van der Waals surface area contributed by atoms with Gasteiger partial charge in [0, 0.05) is 6.04 Å². The van der Waals surface area contributed by atoms with Crippen LogP contribution < -0.4 is 5.32 Å². The van der Waals surface area contributed by atoms with Crippen LogP contribution in [0.25, 0.3) is 0 Å². The fraction of sp³-hybridized carbons (Fsp3) is 0.500. The molecule has 1 N–H and O–H groups in total. The van der Waals surface area contributed by atoms with Crippen molar-refractivity contribution >= 4 is 12.4 Å². The molecule has 0 bridgehead atoms. The Morgan fingerprint density at radius 1 is 1.39 bits per heavy atom. The molecule has 98 valence electrons. The van der Waals surface area contributed by atoms with E-state index in [1.807, 2.05) is 24.3 Å². The molecule has 0 aliphatic carbocycles. The van der Waals surface area contributed by atoms with E-state index >= 15 is 0 Å². The van der Waals surface area contributed by atoms with Gasteiger partial charge >= 0.3 is 0 Å². The van der Waals surface area contributed by atoms with Crippen LogP contribution in [0.4, 0.5) is 0 Å². The van der Waals surface area contributed by atoms with Gasteiger partial charge in [0.2, 0.25) is 0 Å². The third kappa shape index (κ3) is 4.66. The van der Waals surface area contributed by atoms with Gasteiger partial charge in [-0.15, -0.1) is 12.4 Å². The number of hydrogen-bond donors (Lipinski definition) is 1. The smallest absolute Gasteiger partial charge is 0.0991 e. The number of rotatable bonds is 4. The summed E-state index contributed by atoms with van der Waals surface area (Å²) in [5.74, 6) is 0. The zero-order valence-electron chi connectivity index (χ0n) is 10.4. The summed E-state index contributed by atoms with van der Waals surface area (Å²) in [6.07, 6.45) is 3.78. The third-order valence-corrected chi connectivity index (χ3v) is 3.06. The summed E-state index contributed by atoms with van der Waals surface area (Å²) >= 11 is 0. The first-order valence-corrected chi connectivity index (χ1v) is 6.18. The molecule has 1 atom stereocenters. The van der Waals surface area contributed by atoms with Gasteiger partial charge in [-0.3, -0.25) is 0 Å². The first-order chi connectivity index (χ1) is 8.38. The molecule has 1 aliphatic heterocycles. The quantitative estimate of drug-likeness (QED) is 0.911. The molecule has 1 heterocycles. The number of piperidine rings is 1. The zero-order chi connectivity index (χ0) is 11.9. The molecule has 0 saturated carbocycles. The van der Waals surface area contributed by atoms with Crippen LogP contribution in [0.1, 0.15) is 30.4 Å². The second-order valence-corrected chi connectivity index (χ2v) is 4.47. The van der Waals surface area contributed by atoms with Crippen molar-refractivity contribution in [3.63, 3.8) is 0 Å². The van der Waals surface area contributed by atoms with E-state index in [0.717, 1.165) is 18.7 Å². The third-order valence-electron chi connectivity index (χ3n) is 3.06. The highest BCUT2D eigenvalue weighted by Crippen LogP contribution is 2.09. The van der Waals surface area contributed by atoms with Gasteiger partial charge in [-0.25, -0.2) is 0 Å². The van der Waals surface area contributed by atoms with E-state index in [1.165, 1.54) is 19.3 Å². The number of hydrogen-bond acceptors (Lipinski definition) is 3. The lowest BCUT2D eigenvalue weighted by molar-refractivity contribution is 0.0911. The molecule has 0 amide bonds. The summed E-state index contributed by atoms with van der Waals surface area (Å²) in [6, 6.07) is 10.2. The number of ether oxygens (including phenoxy) is 1. The highest BCUT2D eigenvalue weighted by Gasteiger charge is 2.11. The van der Waals surface area contributed by atoms with Crippen molar-refractivity contribution in [1.82, 2.24) is 5.32 Å². The summed E-state index contributed by atoms with van der Waals surface area (Å²) < 4.78 is 5.69. The number of halogens is 1. The Balaban J connectivity index is 0.00000162. The fourth-order valence-electron chi connectivity index (χ4n) is 2.12. The van der Waals surface area contributed by atoms with Crippen LogP contribution in [0.3, 0.4) is 0 Å². The molecule has 0 aromatic heterocycles. The van der Waals surface area contributed by atoms with E-state index in [-0.39, 0.29) is 12.4 Å². The van der Waals surface area contributed by atoms with Gasteiger partial charge in [0.25, 0.3) is 0 Å². The van der Waals surface area contributed by atoms with Crippen molar-refractivity contribution < 1.29 is 4.74 Å². The topological polar surface area (TPSA) is 45.0 Å². The Morgan fingerprint density at radius 3 is 3.00 bits per heavy atom. The first-order valence-electron chi connectivity index (χ1n) is 6.18. The maximum Gasteiger partial charge on any atom is 0.0991 e. The molecule has 18 heavy (non-hydrogen) atoms. The van der Waals surface area contributed by atoms with Gasteiger partial charge in [0.15, 0.2) is 0 Å². The van der Waals surface area contributed by atoms with Gasteiger partial charge in [0.1, 0.15) is 0 Å². The van der Waals surface area contributed by atoms with Crippen LogP contribution in [0, 0.1) is 11.3 Å². The Labute approximate surface area is 115 Å². The van der Waals surface area contributed by atoms with Crippen molar-refractivity contribution in [1.29, 1.82) is 5.26 Å². The Bertz CT molecular complexity index is 397. The van der Waals surface area contributed by atoms with Crippen molar-refractivity contribution in [2.45, 2.75) is 31.9 Å². The standard InChI is InChI=1S/C14H18N2O.ClH/c15-9-12-4-3-5-13(8-12)10-17-11-14-6-1-2-7-16-14;/h3-5,8,14,16H,1-2,6-7,10-11H2;1H. The molecule has 4 heteroatoms. The average Bonchev–Trinajstić information content (AvgIpc) is 2.40. The molecule has 1 aliphatic rings. The summed E-state index contributed by atoms with van der Waals surface area (Å²) in [5, 5.41) is 12.2. The van der Waals surface area contributed by atoms with Crippen LogP contribution in [0.15, 0.2) is 24.3 Å². The highest BCUT2D eigenvalue weighted by atomic mass is 35.5. The minimum Gasteiger partial charge on any atom is -0.375 e. The van der Waals surface area contributed by atoms with E-state index in [4.69, 9.17) is 10.00 Å². The lowest BCUT2D eigenvalue weighted by atomic mass is 10.1. The van der Waals surface area contributed by atoms with Crippen LogP contribution >= 0.6 is 12.4 Å². The van der Waals surface area contributed by atoms with E-state index in [0.29, 0.717) is 18.2 Å². The number of nitriles is 1. The second-order valence-electron chi connectivity index (χ2n) is 4.47. The van der Waals surface area contributed by atoms with Crippen LogP contribution in [0.2, 0.25) is 0 Å². The number of benzene rings is 1. The largest absolute Gasteiger partial charge is 0.375 e. The Hall–Kier alpha value is -1.08. The van der Waals surface area contributed by atoms with Crippen molar-refractivity contribution in [2.24, 2.45) is 0 Å². The highest BCUT2D eigenvalue weighted by molar-refractivity contribution is 5.85. The lowest BCUT2D eigenvalue weighted by Crippen LogP contribution is -2.37. The predicted octanol–water partition coefficient (Wildman–Crippen LogP) is 2.64. The molecule has 1 aromatic rings. The van der Waals surface area contributed by atoms with Crippen molar-refractivity contribution in [3.05, 3.63) is 35.4 Å². The molecule has 3 nitrogen and oxygen atoms in total. The van der Waals surface area contributed by atoms with Gasteiger partial charge in [-0.1, -0.05) is 18.6 Å². The zero-order valence-corrected chi connectivity index (χ0v) is 11.2. The van der Waals surface area contributed by atoms with Gasteiger partial charge in [-0.05, 0) is 37.1 Å². The SMILES string of the molecule is Cl.N#Cc1cccc(COCC2CCCCN2)c1. The van der Waals surface area contributed by atoms with E-state index in [1.54, 1.807) is 0 Å². The normalized spacial score (nSPS) is 18.7. The lowest BCUT2D eigenvalue weighted by Gasteiger charge is -2.23. The summed E-state index contributed by atoms with van der Waals surface area (Å²) in [5.41, 5.74) is 1.77. The molecule has 0 radical (unpaired) electrons. The summed E-state index contributed by atoms with van der Waals surface area (Å²) in [7, 11) is 0. The number of nitrogens with zero attached hydrogens (tertiary/aromatic N) is 1. The van der Waals surface area contributed by atoms with Crippen LogP contribution in [0.5, 0.6) is 0 Å². The molecular formula is C14H19ClN2O. The van der Waals surface area contributed by atoms with Gasteiger partial charge in [-0.2, -0.15) is 5.26 Å². The predicted molar refractivity (Wildman–Crippen MR) is 73.7 cm³/mol. The van der Waals surface area contributed by atoms with Crippen molar-refractivity contribution in [3.8, 4) is 6.07 Å². The van der Waals surface area contributed by atoms with E-state index in [2.05, 4.69) is 11.4 Å². The monoisotopic (exact) mass is 266 g/mol. The second kappa shape index (κ2) is 8.10. The molecular weight excluding hydrogens is 248 g/mol. The maximum atomic E-state index is 8.79. The fourth-order valence-corrected chi connectivity index (χ4v) is 2.12. The van der Waals surface area contributed by atoms with Gasteiger partial charge in [0.05, 0.1) is 24.8 Å². The number of nitrogens with one attached hydrogen (secondary N) is 1. The molecule has 1 unspecified atom stereocenters. The average molecular weight is 267 g/mol. The van der Waals surface area contributed by atoms with E-state index < -0.39 is 0 Å². The molecule has 1 aromatic carbocycles. The summed E-state index contributed by atoms with van der Waals surface area (Å²) in [4.78, 5) is 0. The maximum absolute atomic E-state index is 8.79. The van der Waals surface area contributed by atoms with Crippen LogP contribution in [-0.2, 0) is 11.3 Å². The van der Waals surface area contributed by atoms with E-state index in [9.17, 15) is 0 Å². The molecule has 2 rings (SSSR count). The Morgan fingerprint density at radius 2 is 2.28 bits per heavy atom. The molecule has 1 saturated heterocycles. The minimum atomic E-state index is 0.